The second-order valence-electron chi connectivity index (χ2n) is 2.95. The molecule has 0 amide bonds. The predicted molar refractivity (Wildman–Crippen MR) is 58.8 cm³/mol. The van der Waals surface area contributed by atoms with Crippen LogP contribution in [0.4, 0.5) is 0 Å². The summed E-state index contributed by atoms with van der Waals surface area (Å²) in [5, 5.41) is 2.15. The van der Waals surface area contributed by atoms with Crippen molar-refractivity contribution in [3.63, 3.8) is 0 Å². The largest absolute Gasteiger partial charge is 0.324 e. The Hall–Kier alpha value is 0.390. The number of thiophene rings is 1. The molecule has 1 heterocycles. The maximum atomic E-state index is 5.95. The van der Waals surface area contributed by atoms with Gasteiger partial charge >= 0.3 is 0 Å². The zero-order valence-electron chi connectivity index (χ0n) is 6.67. The van der Waals surface area contributed by atoms with Crippen LogP contribution in [0.3, 0.4) is 0 Å². The lowest BCUT2D eigenvalue weighted by Gasteiger charge is -2.13. The lowest BCUT2D eigenvalue weighted by molar-refractivity contribution is 0.515. The van der Waals surface area contributed by atoms with Crippen LogP contribution in [0.25, 0.3) is 0 Å². The molecule has 1 rings (SSSR count). The van der Waals surface area contributed by atoms with E-state index in [4.69, 9.17) is 5.73 Å². The van der Waals surface area contributed by atoms with Crippen molar-refractivity contribution in [2.24, 2.45) is 11.7 Å². The molecule has 0 radical (unpaired) electrons. The number of hydrogen-bond acceptors (Lipinski definition) is 2. The maximum absolute atomic E-state index is 5.95. The van der Waals surface area contributed by atoms with Crippen LogP contribution in [-0.4, -0.2) is 0 Å². The molecule has 1 unspecified atom stereocenters. The summed E-state index contributed by atoms with van der Waals surface area (Å²) in [4.78, 5) is 0. The summed E-state index contributed by atoms with van der Waals surface area (Å²) in [6.45, 7) is 4.30. The Bertz CT molecular complexity index is 232. The van der Waals surface area contributed by atoms with Gasteiger partial charge in [0.15, 0.2) is 0 Å². The highest BCUT2D eigenvalue weighted by molar-refractivity contribution is 14.1. The average Bonchev–Trinajstić information content (AvgIpc) is 2.34. The second kappa shape index (κ2) is 3.87. The summed E-state index contributed by atoms with van der Waals surface area (Å²) in [6.07, 6.45) is 0. The summed E-state index contributed by atoms with van der Waals surface area (Å²) >= 11 is 4.08. The number of rotatable bonds is 2. The Kier molecular flexibility index (Phi) is 3.33. The van der Waals surface area contributed by atoms with E-state index in [-0.39, 0.29) is 6.04 Å². The van der Waals surface area contributed by atoms with Crippen molar-refractivity contribution >= 4 is 33.9 Å². The smallest absolute Gasteiger partial charge is 0.0656 e. The molecule has 0 aliphatic carbocycles. The molecule has 1 atom stereocenters. The predicted octanol–water partition coefficient (Wildman–Crippen LogP) is 3.01. The first kappa shape index (κ1) is 9.48. The third-order valence-corrected chi connectivity index (χ3v) is 3.50. The van der Waals surface area contributed by atoms with Crippen LogP contribution < -0.4 is 5.73 Å². The van der Waals surface area contributed by atoms with Crippen LogP contribution in [0.15, 0.2) is 11.4 Å². The molecular formula is C8H12INS. The van der Waals surface area contributed by atoms with E-state index < -0.39 is 0 Å². The highest BCUT2D eigenvalue weighted by atomic mass is 127. The number of nitrogens with two attached hydrogens (primary N) is 1. The highest BCUT2D eigenvalue weighted by Gasteiger charge is 2.11. The molecule has 11 heavy (non-hydrogen) atoms. The number of hydrogen-bond donors (Lipinski definition) is 1. The van der Waals surface area contributed by atoms with Gasteiger partial charge in [0.2, 0.25) is 0 Å². The van der Waals surface area contributed by atoms with E-state index >= 15 is 0 Å². The van der Waals surface area contributed by atoms with Crippen molar-refractivity contribution in [1.82, 2.24) is 0 Å². The van der Waals surface area contributed by atoms with E-state index in [0.29, 0.717) is 5.92 Å². The molecule has 3 heteroatoms. The fraction of sp³-hybridized carbons (Fsp3) is 0.500. The summed E-state index contributed by atoms with van der Waals surface area (Å²) in [5.74, 6) is 0.528. The van der Waals surface area contributed by atoms with Gasteiger partial charge in [-0.25, -0.2) is 0 Å². The first-order chi connectivity index (χ1) is 5.11. The lowest BCUT2D eigenvalue weighted by atomic mass is 10.0. The molecule has 0 saturated carbocycles. The Morgan fingerprint density at radius 2 is 2.18 bits per heavy atom. The van der Waals surface area contributed by atoms with Crippen molar-refractivity contribution in [1.29, 1.82) is 0 Å². The quantitative estimate of drug-likeness (QED) is 0.829. The minimum atomic E-state index is 0.203. The molecule has 1 aromatic heterocycles. The Balaban J connectivity index is 2.76. The first-order valence-electron chi connectivity index (χ1n) is 3.60. The molecule has 0 aliphatic rings. The zero-order valence-corrected chi connectivity index (χ0v) is 9.65. The Labute approximate surface area is 85.1 Å². The molecule has 1 nitrogen and oxygen atoms in total. The van der Waals surface area contributed by atoms with Gasteiger partial charge in [0.05, 0.1) is 2.88 Å². The molecule has 0 bridgehead atoms. The first-order valence-corrected chi connectivity index (χ1v) is 5.56. The van der Waals surface area contributed by atoms with Crippen LogP contribution in [-0.2, 0) is 0 Å². The van der Waals surface area contributed by atoms with Crippen LogP contribution in [0.1, 0.15) is 25.5 Å². The fourth-order valence-corrected chi connectivity index (χ4v) is 2.30. The SMILES string of the molecule is CC(C)C(N)c1csc(I)c1. The summed E-state index contributed by atoms with van der Waals surface area (Å²) < 4.78 is 1.31. The molecule has 0 aromatic carbocycles. The number of halogens is 1. The summed E-state index contributed by atoms with van der Waals surface area (Å²) in [5.41, 5.74) is 7.23. The van der Waals surface area contributed by atoms with E-state index in [9.17, 15) is 0 Å². The van der Waals surface area contributed by atoms with Crippen LogP contribution >= 0.6 is 33.9 Å². The molecule has 1 aromatic rings. The Morgan fingerprint density at radius 1 is 1.55 bits per heavy atom. The average molecular weight is 281 g/mol. The standard InChI is InChI=1S/C8H12INS/c1-5(2)8(10)6-3-7(9)11-4-6/h3-5,8H,10H2,1-2H3. The third kappa shape index (κ3) is 2.42. The van der Waals surface area contributed by atoms with Crippen molar-refractivity contribution in [3.8, 4) is 0 Å². The van der Waals surface area contributed by atoms with Crippen LogP contribution in [0.2, 0.25) is 0 Å². The lowest BCUT2D eigenvalue weighted by Crippen LogP contribution is -2.15. The van der Waals surface area contributed by atoms with Gasteiger partial charge in [-0.1, -0.05) is 13.8 Å². The zero-order chi connectivity index (χ0) is 8.43. The van der Waals surface area contributed by atoms with Crippen molar-refractivity contribution < 1.29 is 0 Å². The minimum absolute atomic E-state index is 0.203. The van der Waals surface area contributed by atoms with Gasteiger partial charge in [-0.05, 0) is 45.5 Å². The van der Waals surface area contributed by atoms with E-state index in [0.717, 1.165) is 0 Å². The van der Waals surface area contributed by atoms with Crippen molar-refractivity contribution in [3.05, 3.63) is 19.9 Å². The van der Waals surface area contributed by atoms with Gasteiger partial charge in [-0.3, -0.25) is 0 Å². The Morgan fingerprint density at radius 3 is 2.55 bits per heavy atom. The van der Waals surface area contributed by atoms with Gasteiger partial charge in [0, 0.05) is 6.04 Å². The molecule has 2 N–H and O–H groups in total. The minimum Gasteiger partial charge on any atom is -0.324 e. The fourth-order valence-electron chi connectivity index (χ4n) is 0.883. The molecule has 0 spiro atoms. The van der Waals surface area contributed by atoms with Gasteiger partial charge in [0.1, 0.15) is 0 Å². The second-order valence-corrected chi connectivity index (χ2v) is 5.76. The summed E-state index contributed by atoms with van der Waals surface area (Å²) in [7, 11) is 0. The monoisotopic (exact) mass is 281 g/mol. The molecular weight excluding hydrogens is 269 g/mol. The molecule has 0 fully saturated rings. The van der Waals surface area contributed by atoms with Crippen molar-refractivity contribution in [2.75, 3.05) is 0 Å². The third-order valence-electron chi connectivity index (χ3n) is 1.69. The highest BCUT2D eigenvalue weighted by Crippen LogP contribution is 2.24. The summed E-state index contributed by atoms with van der Waals surface area (Å²) in [6, 6.07) is 2.37. The van der Waals surface area contributed by atoms with Crippen molar-refractivity contribution in [2.45, 2.75) is 19.9 Å². The molecule has 0 saturated heterocycles. The normalized spacial score (nSPS) is 13.9. The maximum Gasteiger partial charge on any atom is 0.0656 e. The van der Waals surface area contributed by atoms with Gasteiger partial charge in [-0.2, -0.15) is 0 Å². The van der Waals surface area contributed by atoms with Crippen LogP contribution in [0.5, 0.6) is 0 Å². The van der Waals surface area contributed by atoms with Crippen LogP contribution in [0, 0.1) is 8.80 Å². The van der Waals surface area contributed by atoms with E-state index in [1.807, 2.05) is 0 Å². The molecule has 62 valence electrons. The van der Waals surface area contributed by atoms with E-state index in [2.05, 4.69) is 47.9 Å². The molecule has 0 aliphatic heterocycles. The van der Waals surface area contributed by atoms with E-state index in [1.165, 1.54) is 8.45 Å². The van der Waals surface area contributed by atoms with Gasteiger partial charge < -0.3 is 5.73 Å². The topological polar surface area (TPSA) is 26.0 Å². The van der Waals surface area contributed by atoms with Gasteiger partial charge in [0.25, 0.3) is 0 Å². The van der Waals surface area contributed by atoms with E-state index in [1.54, 1.807) is 11.3 Å². The van der Waals surface area contributed by atoms with Gasteiger partial charge in [-0.15, -0.1) is 11.3 Å².